The number of hydrogen-bond donors (Lipinski definition) is 4. The van der Waals surface area contributed by atoms with Crippen LogP contribution in [0.15, 0.2) is 29.4 Å². The Hall–Kier alpha value is -2.94. The molecule has 0 aliphatic rings. The van der Waals surface area contributed by atoms with Crippen LogP contribution in [-0.2, 0) is 0 Å². The second kappa shape index (κ2) is 5.45. The Morgan fingerprint density at radius 3 is 2.73 bits per heavy atom. The zero-order valence-electron chi connectivity index (χ0n) is 11.5. The van der Waals surface area contributed by atoms with Crippen molar-refractivity contribution in [3.05, 3.63) is 40.3 Å². The smallest absolute Gasteiger partial charge is 0.216 e. The number of phenols is 2. The summed E-state index contributed by atoms with van der Waals surface area (Å²) in [5.74, 6) is 0.335. The topological polar surface area (TPSA) is 115 Å². The van der Waals surface area contributed by atoms with Crippen molar-refractivity contribution in [3.8, 4) is 23.0 Å². The van der Waals surface area contributed by atoms with Gasteiger partial charge in [-0.25, -0.2) is 5.10 Å². The fourth-order valence-corrected chi connectivity index (χ4v) is 2.04. The lowest BCUT2D eigenvalue weighted by molar-refractivity contribution is 0.450. The van der Waals surface area contributed by atoms with Crippen molar-refractivity contribution in [1.82, 2.24) is 25.1 Å². The first-order chi connectivity index (χ1) is 10.5. The molecule has 0 radical (unpaired) electrons. The number of rotatable bonds is 3. The van der Waals surface area contributed by atoms with E-state index >= 15 is 0 Å². The molecule has 0 spiro atoms. The third kappa shape index (κ3) is 2.61. The number of aryl methyl sites for hydroxylation is 1. The van der Waals surface area contributed by atoms with Crippen molar-refractivity contribution in [2.24, 2.45) is 5.10 Å². The molecule has 0 unspecified atom stereocenters. The Kier molecular flexibility index (Phi) is 3.47. The molecule has 0 aliphatic heterocycles. The molecule has 0 amide bonds. The summed E-state index contributed by atoms with van der Waals surface area (Å²) < 4.78 is 1.70. The van der Waals surface area contributed by atoms with Crippen LogP contribution in [0.3, 0.4) is 0 Å². The summed E-state index contributed by atoms with van der Waals surface area (Å²) in [4.78, 5) is 0. The van der Waals surface area contributed by atoms with Gasteiger partial charge in [0.25, 0.3) is 0 Å². The molecule has 9 heteroatoms. The van der Waals surface area contributed by atoms with Crippen LogP contribution in [0.4, 0.5) is 0 Å². The minimum Gasteiger partial charge on any atom is -0.508 e. The lowest BCUT2D eigenvalue weighted by atomic mass is 10.2. The zero-order chi connectivity index (χ0) is 15.7. The van der Waals surface area contributed by atoms with E-state index < -0.39 is 0 Å². The summed E-state index contributed by atoms with van der Waals surface area (Å²) in [6, 6.07) is 6.03. The molecule has 0 atom stereocenters. The number of phenolic OH excluding ortho intramolecular Hbond substituents is 2. The summed E-state index contributed by atoms with van der Waals surface area (Å²) in [5.41, 5.74) is 1.91. The Labute approximate surface area is 129 Å². The molecule has 0 aliphatic carbocycles. The maximum atomic E-state index is 9.75. The van der Waals surface area contributed by atoms with E-state index in [1.54, 1.807) is 0 Å². The minimum absolute atomic E-state index is 0.0257. The van der Waals surface area contributed by atoms with Gasteiger partial charge in [0.2, 0.25) is 10.6 Å². The highest BCUT2D eigenvalue weighted by Crippen LogP contribution is 2.21. The highest BCUT2D eigenvalue weighted by Gasteiger charge is 2.11. The number of aromatic amines is 2. The van der Waals surface area contributed by atoms with Gasteiger partial charge in [0, 0.05) is 17.3 Å². The monoisotopic (exact) mass is 316 g/mol. The third-order valence-electron chi connectivity index (χ3n) is 2.91. The third-order valence-corrected chi connectivity index (χ3v) is 3.18. The van der Waals surface area contributed by atoms with Crippen molar-refractivity contribution < 1.29 is 10.2 Å². The van der Waals surface area contributed by atoms with Crippen LogP contribution in [0.5, 0.6) is 11.5 Å². The van der Waals surface area contributed by atoms with E-state index in [-0.39, 0.29) is 11.5 Å². The number of nitrogens with zero attached hydrogens (tertiary/aromatic N) is 4. The van der Waals surface area contributed by atoms with E-state index in [1.807, 2.05) is 13.0 Å². The SMILES string of the molecule is Cc1cc(-c2n[nH]c(=S)n2/N=C\c2ccc(O)cc2O)n[nH]1. The van der Waals surface area contributed by atoms with Crippen LogP contribution in [0.2, 0.25) is 0 Å². The molecule has 3 rings (SSSR count). The molecule has 8 nitrogen and oxygen atoms in total. The van der Waals surface area contributed by atoms with E-state index in [0.29, 0.717) is 21.9 Å². The molecule has 0 saturated carbocycles. The Bertz CT molecular complexity index is 907. The second-order valence-corrected chi connectivity index (χ2v) is 4.97. The molecule has 2 aromatic heterocycles. The number of benzene rings is 1. The molecule has 1 aromatic carbocycles. The van der Waals surface area contributed by atoms with Gasteiger partial charge in [-0.15, -0.1) is 0 Å². The molecule has 4 N–H and O–H groups in total. The summed E-state index contributed by atoms with van der Waals surface area (Å²) in [6.07, 6.45) is 1.42. The van der Waals surface area contributed by atoms with Crippen molar-refractivity contribution in [2.45, 2.75) is 6.92 Å². The van der Waals surface area contributed by atoms with Crippen molar-refractivity contribution in [2.75, 3.05) is 0 Å². The van der Waals surface area contributed by atoms with Gasteiger partial charge in [0.15, 0.2) is 0 Å². The average Bonchev–Trinajstić information content (AvgIpc) is 3.04. The molecular weight excluding hydrogens is 304 g/mol. The van der Waals surface area contributed by atoms with E-state index in [4.69, 9.17) is 12.2 Å². The van der Waals surface area contributed by atoms with Gasteiger partial charge < -0.3 is 10.2 Å². The summed E-state index contributed by atoms with van der Waals surface area (Å²) in [5, 5.41) is 36.9. The Morgan fingerprint density at radius 1 is 1.23 bits per heavy atom. The van der Waals surface area contributed by atoms with E-state index in [0.717, 1.165) is 5.69 Å². The lowest BCUT2D eigenvalue weighted by Gasteiger charge is -2.00. The number of aromatic hydroxyl groups is 2. The van der Waals surface area contributed by atoms with Gasteiger partial charge >= 0.3 is 0 Å². The molecule has 2 heterocycles. The predicted molar refractivity (Wildman–Crippen MR) is 82.5 cm³/mol. The molecule has 0 saturated heterocycles. The first-order valence-electron chi connectivity index (χ1n) is 6.31. The van der Waals surface area contributed by atoms with Gasteiger partial charge in [-0.2, -0.15) is 20.0 Å². The van der Waals surface area contributed by atoms with Crippen LogP contribution in [0.1, 0.15) is 11.3 Å². The van der Waals surface area contributed by atoms with E-state index in [2.05, 4.69) is 25.5 Å². The van der Waals surface area contributed by atoms with E-state index in [9.17, 15) is 10.2 Å². The van der Waals surface area contributed by atoms with Crippen molar-refractivity contribution >= 4 is 18.4 Å². The summed E-state index contributed by atoms with van der Waals surface area (Å²) in [6.45, 7) is 1.87. The maximum absolute atomic E-state index is 9.75. The highest BCUT2D eigenvalue weighted by molar-refractivity contribution is 7.71. The van der Waals surface area contributed by atoms with Crippen molar-refractivity contribution in [1.29, 1.82) is 0 Å². The standard InChI is InChI=1S/C13H12N6O2S/c1-7-4-10(16-15-7)12-17-18-13(22)19(12)14-6-8-2-3-9(20)5-11(8)21/h2-6,20-21H,1H3,(H,15,16)(H,18,22)/b14-6-. The summed E-state index contributed by atoms with van der Waals surface area (Å²) in [7, 11) is 0. The Morgan fingerprint density at radius 2 is 2.05 bits per heavy atom. The molecule has 112 valence electrons. The van der Waals surface area contributed by atoms with Crippen LogP contribution in [0, 0.1) is 11.7 Å². The first-order valence-corrected chi connectivity index (χ1v) is 6.71. The van der Waals surface area contributed by atoms with Gasteiger partial charge in [0.05, 0.1) is 6.21 Å². The predicted octanol–water partition coefficient (Wildman–Crippen LogP) is 1.93. The van der Waals surface area contributed by atoms with Gasteiger partial charge in [-0.1, -0.05) is 0 Å². The second-order valence-electron chi connectivity index (χ2n) is 4.59. The largest absolute Gasteiger partial charge is 0.508 e. The molecule has 22 heavy (non-hydrogen) atoms. The first kappa shape index (κ1) is 14.0. The quantitative estimate of drug-likeness (QED) is 0.435. The number of aromatic nitrogens is 5. The van der Waals surface area contributed by atoms with E-state index in [1.165, 1.54) is 29.1 Å². The molecule has 3 aromatic rings. The van der Waals surface area contributed by atoms with Gasteiger partial charge in [-0.05, 0) is 37.3 Å². The number of H-pyrrole nitrogens is 2. The maximum Gasteiger partial charge on any atom is 0.216 e. The molecular formula is C13H12N6O2S. The normalized spacial score (nSPS) is 11.3. The minimum atomic E-state index is -0.0871. The Balaban J connectivity index is 2.00. The van der Waals surface area contributed by atoms with Crippen LogP contribution < -0.4 is 0 Å². The highest BCUT2D eigenvalue weighted by atomic mass is 32.1. The van der Waals surface area contributed by atoms with Crippen LogP contribution in [-0.4, -0.2) is 41.5 Å². The number of hydrogen-bond acceptors (Lipinski definition) is 6. The summed E-state index contributed by atoms with van der Waals surface area (Å²) >= 11 is 5.14. The molecule has 0 bridgehead atoms. The van der Waals surface area contributed by atoms with Crippen molar-refractivity contribution in [3.63, 3.8) is 0 Å². The lowest BCUT2D eigenvalue weighted by Crippen LogP contribution is -1.95. The number of nitrogens with one attached hydrogen (secondary N) is 2. The van der Waals surface area contributed by atoms with Gasteiger partial charge in [-0.3, -0.25) is 5.10 Å². The average molecular weight is 316 g/mol. The van der Waals surface area contributed by atoms with Gasteiger partial charge in [0.1, 0.15) is 17.2 Å². The fraction of sp³-hybridized carbons (Fsp3) is 0.0769. The fourth-order valence-electron chi connectivity index (χ4n) is 1.86. The molecule has 0 fully saturated rings. The van der Waals surface area contributed by atoms with Crippen LogP contribution >= 0.6 is 12.2 Å². The van der Waals surface area contributed by atoms with Crippen LogP contribution in [0.25, 0.3) is 11.5 Å². The zero-order valence-corrected chi connectivity index (χ0v) is 12.3.